The van der Waals surface area contributed by atoms with Crippen LogP contribution in [0.25, 0.3) is 0 Å². The molecule has 0 amide bonds. The van der Waals surface area contributed by atoms with Crippen LogP contribution < -0.4 is 5.32 Å². The molecule has 82 valence electrons. The second-order valence-electron chi connectivity index (χ2n) is 4.39. The van der Waals surface area contributed by atoms with Gasteiger partial charge in [-0.2, -0.15) is 0 Å². The van der Waals surface area contributed by atoms with Crippen molar-refractivity contribution in [3.63, 3.8) is 0 Å². The molecule has 0 aliphatic carbocycles. The number of aliphatic hydroxyl groups is 1. The van der Waals surface area contributed by atoms with Crippen LogP contribution in [0.4, 0.5) is 0 Å². The molecule has 2 rings (SSSR count). The molecular weight excluding hydrogens is 188 g/mol. The second-order valence-corrected chi connectivity index (χ2v) is 4.39. The van der Waals surface area contributed by atoms with Crippen molar-refractivity contribution in [1.29, 1.82) is 0 Å². The zero-order valence-corrected chi connectivity index (χ0v) is 9.27. The van der Waals surface area contributed by atoms with Gasteiger partial charge in [-0.05, 0) is 44.5 Å². The quantitative estimate of drug-likeness (QED) is 0.777. The molecule has 0 bridgehead atoms. The number of nitrogens with one attached hydrogen (secondary N) is 1. The Bertz CT molecular complexity index is 334. The summed E-state index contributed by atoms with van der Waals surface area (Å²) in [6.45, 7) is 5.90. The summed E-state index contributed by atoms with van der Waals surface area (Å²) in [5.41, 5.74) is 2.23. The maximum atomic E-state index is 9.86. The third-order valence-corrected chi connectivity index (χ3v) is 3.21. The Hall–Kier alpha value is -0.930. The highest BCUT2D eigenvalue weighted by Crippen LogP contribution is 2.31. The summed E-state index contributed by atoms with van der Waals surface area (Å²) in [5, 5.41) is 13.1. The highest BCUT2D eigenvalue weighted by atomic mass is 16.3. The van der Waals surface area contributed by atoms with Gasteiger partial charge in [-0.1, -0.05) is 6.07 Å². The van der Waals surface area contributed by atoms with Crippen molar-refractivity contribution < 1.29 is 5.11 Å². The van der Waals surface area contributed by atoms with Gasteiger partial charge < -0.3 is 10.4 Å². The maximum Gasteiger partial charge on any atom is 0.0599 e. The topological polar surface area (TPSA) is 45.2 Å². The van der Waals surface area contributed by atoms with Crippen molar-refractivity contribution in [3.05, 3.63) is 29.6 Å². The van der Waals surface area contributed by atoms with E-state index in [1.54, 1.807) is 0 Å². The van der Waals surface area contributed by atoms with Crippen LogP contribution in [0.5, 0.6) is 0 Å². The molecule has 1 fully saturated rings. The Labute approximate surface area is 90.5 Å². The lowest BCUT2D eigenvalue weighted by molar-refractivity contribution is 0.109. The van der Waals surface area contributed by atoms with E-state index in [9.17, 15) is 5.11 Å². The SMILES string of the molecule is Cc1cccnc1C(C(C)O)C1CNC1. The van der Waals surface area contributed by atoms with E-state index < -0.39 is 0 Å². The lowest BCUT2D eigenvalue weighted by Crippen LogP contribution is -2.48. The van der Waals surface area contributed by atoms with Gasteiger partial charge in [0.2, 0.25) is 0 Å². The molecule has 3 heteroatoms. The molecule has 15 heavy (non-hydrogen) atoms. The summed E-state index contributed by atoms with van der Waals surface area (Å²) in [5.74, 6) is 0.700. The molecule has 0 spiro atoms. The fourth-order valence-electron chi connectivity index (χ4n) is 2.26. The number of aryl methyl sites for hydroxylation is 1. The summed E-state index contributed by atoms with van der Waals surface area (Å²) in [6.07, 6.45) is 1.48. The van der Waals surface area contributed by atoms with Crippen LogP contribution in [0.3, 0.4) is 0 Å². The first-order valence-electron chi connectivity index (χ1n) is 5.50. The fourth-order valence-corrected chi connectivity index (χ4v) is 2.26. The van der Waals surface area contributed by atoms with Gasteiger partial charge in [0, 0.05) is 17.8 Å². The molecule has 1 aromatic rings. The standard InChI is InChI=1S/C12H18N2O/c1-8-4-3-5-14-12(8)11(9(2)15)10-6-13-7-10/h3-5,9-11,13,15H,6-7H2,1-2H3. The van der Waals surface area contributed by atoms with E-state index in [0.29, 0.717) is 5.92 Å². The van der Waals surface area contributed by atoms with Gasteiger partial charge in [0.05, 0.1) is 6.10 Å². The fraction of sp³-hybridized carbons (Fsp3) is 0.583. The molecule has 3 nitrogen and oxygen atoms in total. The Kier molecular flexibility index (Phi) is 3.03. The number of aromatic nitrogens is 1. The monoisotopic (exact) mass is 206 g/mol. The molecule has 1 aromatic heterocycles. The van der Waals surface area contributed by atoms with Crippen LogP contribution in [0.2, 0.25) is 0 Å². The zero-order valence-electron chi connectivity index (χ0n) is 9.27. The first-order chi connectivity index (χ1) is 7.20. The van der Waals surface area contributed by atoms with Crippen LogP contribution >= 0.6 is 0 Å². The van der Waals surface area contributed by atoms with Crippen LogP contribution in [0.15, 0.2) is 18.3 Å². The highest BCUT2D eigenvalue weighted by molar-refractivity contribution is 5.24. The van der Waals surface area contributed by atoms with E-state index in [0.717, 1.165) is 18.8 Å². The maximum absolute atomic E-state index is 9.86. The third kappa shape index (κ3) is 2.03. The second kappa shape index (κ2) is 4.29. The molecule has 0 radical (unpaired) electrons. The van der Waals surface area contributed by atoms with E-state index in [1.807, 2.05) is 19.2 Å². The Morgan fingerprint density at radius 1 is 1.53 bits per heavy atom. The molecular formula is C12H18N2O. The summed E-state index contributed by atoms with van der Waals surface area (Å²) in [4.78, 5) is 4.42. The smallest absolute Gasteiger partial charge is 0.0599 e. The molecule has 1 aliphatic rings. The number of pyridine rings is 1. The number of hydrogen-bond acceptors (Lipinski definition) is 3. The van der Waals surface area contributed by atoms with E-state index in [-0.39, 0.29) is 12.0 Å². The Morgan fingerprint density at radius 2 is 2.27 bits per heavy atom. The number of nitrogens with zero attached hydrogens (tertiary/aromatic N) is 1. The predicted octanol–water partition coefficient (Wildman–Crippen LogP) is 1.07. The van der Waals surface area contributed by atoms with Crippen molar-refractivity contribution in [1.82, 2.24) is 10.3 Å². The van der Waals surface area contributed by atoms with Crippen molar-refractivity contribution >= 4 is 0 Å². The summed E-state index contributed by atoms with van der Waals surface area (Å²) >= 11 is 0. The molecule has 2 N–H and O–H groups in total. The first kappa shape index (κ1) is 10.6. The predicted molar refractivity (Wildman–Crippen MR) is 59.8 cm³/mol. The largest absolute Gasteiger partial charge is 0.393 e. The summed E-state index contributed by atoms with van der Waals surface area (Å²) in [6, 6.07) is 4.00. The van der Waals surface area contributed by atoms with Crippen LogP contribution in [-0.2, 0) is 0 Å². The molecule has 1 saturated heterocycles. The van der Waals surface area contributed by atoms with Gasteiger partial charge in [-0.15, -0.1) is 0 Å². The normalized spacial score (nSPS) is 20.7. The molecule has 0 aromatic carbocycles. The molecule has 2 atom stereocenters. The lowest BCUT2D eigenvalue weighted by Gasteiger charge is -2.36. The lowest BCUT2D eigenvalue weighted by atomic mass is 9.80. The van der Waals surface area contributed by atoms with Gasteiger partial charge >= 0.3 is 0 Å². The van der Waals surface area contributed by atoms with Gasteiger partial charge in [0.1, 0.15) is 0 Å². The van der Waals surface area contributed by atoms with E-state index in [1.165, 1.54) is 5.56 Å². The number of aliphatic hydroxyl groups excluding tert-OH is 1. The first-order valence-corrected chi connectivity index (χ1v) is 5.50. The van der Waals surface area contributed by atoms with Gasteiger partial charge in [0.15, 0.2) is 0 Å². The van der Waals surface area contributed by atoms with Gasteiger partial charge in [-0.25, -0.2) is 0 Å². The van der Waals surface area contributed by atoms with Crippen LogP contribution in [0.1, 0.15) is 24.1 Å². The minimum Gasteiger partial charge on any atom is -0.393 e. The molecule has 1 aliphatic heterocycles. The van der Waals surface area contributed by atoms with E-state index in [4.69, 9.17) is 0 Å². The summed E-state index contributed by atoms with van der Waals surface area (Å²) < 4.78 is 0. The van der Waals surface area contributed by atoms with Gasteiger partial charge in [0.25, 0.3) is 0 Å². The van der Waals surface area contributed by atoms with Crippen molar-refractivity contribution in [2.45, 2.75) is 25.9 Å². The minimum absolute atomic E-state index is 0.174. The average molecular weight is 206 g/mol. The van der Waals surface area contributed by atoms with Crippen LogP contribution in [-0.4, -0.2) is 29.3 Å². The van der Waals surface area contributed by atoms with E-state index in [2.05, 4.69) is 23.3 Å². The van der Waals surface area contributed by atoms with E-state index >= 15 is 0 Å². The zero-order chi connectivity index (χ0) is 10.8. The molecule has 2 unspecified atom stereocenters. The average Bonchev–Trinajstić information content (AvgIpc) is 2.12. The highest BCUT2D eigenvalue weighted by Gasteiger charge is 2.33. The van der Waals surface area contributed by atoms with Crippen molar-refractivity contribution in [2.75, 3.05) is 13.1 Å². The number of hydrogen-bond donors (Lipinski definition) is 2. The Morgan fingerprint density at radius 3 is 2.73 bits per heavy atom. The Balaban J connectivity index is 2.27. The molecule has 2 heterocycles. The summed E-state index contributed by atoms with van der Waals surface area (Å²) in [7, 11) is 0. The molecule has 0 saturated carbocycles. The minimum atomic E-state index is -0.328. The number of rotatable bonds is 3. The third-order valence-electron chi connectivity index (χ3n) is 3.21. The van der Waals surface area contributed by atoms with Gasteiger partial charge in [-0.3, -0.25) is 4.98 Å². The van der Waals surface area contributed by atoms with Crippen molar-refractivity contribution in [2.24, 2.45) is 5.92 Å². The van der Waals surface area contributed by atoms with Crippen molar-refractivity contribution in [3.8, 4) is 0 Å². The van der Waals surface area contributed by atoms with Crippen LogP contribution in [0, 0.1) is 12.8 Å².